The van der Waals surface area contributed by atoms with Crippen molar-refractivity contribution < 1.29 is 4.74 Å². The van der Waals surface area contributed by atoms with Gasteiger partial charge in [0, 0.05) is 0 Å². The van der Waals surface area contributed by atoms with Crippen molar-refractivity contribution in [2.24, 2.45) is 0 Å². The quantitative estimate of drug-likeness (QED) is 0.697. The van der Waals surface area contributed by atoms with Gasteiger partial charge in [-0.05, 0) is 35.1 Å². The number of hydrogen-bond acceptors (Lipinski definition) is 4. The number of ether oxygens (including phenoxy) is 1. The first-order valence-electron chi connectivity index (χ1n) is 6.20. The van der Waals surface area contributed by atoms with Gasteiger partial charge in [0.05, 0.1) is 5.52 Å². The summed E-state index contributed by atoms with van der Waals surface area (Å²) in [6, 6.07) is 10.1. The van der Waals surface area contributed by atoms with Gasteiger partial charge < -0.3 is 4.74 Å². The lowest BCUT2D eigenvalue weighted by Gasteiger charge is -2.09. The maximum Gasteiger partial charge on any atom is 0.240 e. The second-order valence-corrected chi connectivity index (χ2v) is 5.56. The zero-order valence-electron chi connectivity index (χ0n) is 10.8. The molecule has 0 radical (unpaired) electrons. The SMILES string of the molecule is CC(C)c1cccc(Oc2ncnc3ccsc23)c1. The Morgan fingerprint density at radius 2 is 2.05 bits per heavy atom. The number of benzene rings is 1. The summed E-state index contributed by atoms with van der Waals surface area (Å²) in [4.78, 5) is 8.43. The van der Waals surface area contributed by atoms with Crippen molar-refractivity contribution in [2.75, 3.05) is 0 Å². The molecule has 96 valence electrons. The second-order valence-electron chi connectivity index (χ2n) is 4.64. The highest BCUT2D eigenvalue weighted by Crippen LogP contribution is 2.31. The second kappa shape index (κ2) is 4.97. The molecular weight excluding hydrogens is 256 g/mol. The third kappa shape index (κ3) is 2.44. The molecule has 0 aliphatic heterocycles. The minimum absolute atomic E-state index is 0.482. The van der Waals surface area contributed by atoms with Gasteiger partial charge in [-0.25, -0.2) is 9.97 Å². The van der Waals surface area contributed by atoms with Gasteiger partial charge in [0.15, 0.2) is 0 Å². The first kappa shape index (κ1) is 12.1. The van der Waals surface area contributed by atoms with Crippen molar-refractivity contribution in [3.63, 3.8) is 0 Å². The normalized spacial score (nSPS) is 11.1. The van der Waals surface area contributed by atoms with Crippen LogP contribution in [0.3, 0.4) is 0 Å². The predicted molar refractivity (Wildman–Crippen MR) is 78.0 cm³/mol. The molecular formula is C15H14N2OS. The molecule has 0 amide bonds. The van der Waals surface area contributed by atoms with Crippen molar-refractivity contribution in [1.29, 1.82) is 0 Å². The summed E-state index contributed by atoms with van der Waals surface area (Å²) in [6.07, 6.45) is 1.54. The van der Waals surface area contributed by atoms with Crippen LogP contribution < -0.4 is 4.74 Å². The molecule has 0 saturated heterocycles. The average molecular weight is 270 g/mol. The first-order valence-corrected chi connectivity index (χ1v) is 7.08. The molecule has 0 atom stereocenters. The van der Waals surface area contributed by atoms with E-state index in [1.165, 1.54) is 11.9 Å². The molecule has 0 unspecified atom stereocenters. The van der Waals surface area contributed by atoms with Gasteiger partial charge in [-0.2, -0.15) is 0 Å². The zero-order valence-corrected chi connectivity index (χ0v) is 11.6. The van der Waals surface area contributed by atoms with Crippen LogP contribution in [0, 0.1) is 0 Å². The van der Waals surface area contributed by atoms with Crippen LogP contribution in [0.5, 0.6) is 11.6 Å². The summed E-state index contributed by atoms with van der Waals surface area (Å²) in [5.74, 6) is 1.93. The number of fused-ring (bicyclic) bond motifs is 1. The number of nitrogens with zero attached hydrogens (tertiary/aromatic N) is 2. The Hall–Kier alpha value is -1.94. The van der Waals surface area contributed by atoms with Crippen LogP contribution in [0.4, 0.5) is 0 Å². The first-order chi connectivity index (χ1) is 9.24. The van der Waals surface area contributed by atoms with E-state index in [0.29, 0.717) is 11.8 Å². The van der Waals surface area contributed by atoms with E-state index in [1.54, 1.807) is 11.3 Å². The number of thiophene rings is 1. The van der Waals surface area contributed by atoms with Gasteiger partial charge in [0.1, 0.15) is 16.8 Å². The monoisotopic (exact) mass is 270 g/mol. The minimum Gasteiger partial charge on any atom is -0.437 e. The van der Waals surface area contributed by atoms with Crippen LogP contribution in [0.25, 0.3) is 10.2 Å². The number of aromatic nitrogens is 2. The summed E-state index contributed by atoms with van der Waals surface area (Å²) < 4.78 is 6.88. The Balaban J connectivity index is 1.97. The molecule has 3 rings (SSSR count). The van der Waals surface area contributed by atoms with Crippen molar-refractivity contribution in [3.8, 4) is 11.6 Å². The van der Waals surface area contributed by atoms with Crippen molar-refractivity contribution in [2.45, 2.75) is 19.8 Å². The van der Waals surface area contributed by atoms with Gasteiger partial charge in [-0.1, -0.05) is 26.0 Å². The van der Waals surface area contributed by atoms with Crippen molar-refractivity contribution in [3.05, 3.63) is 47.6 Å². The van der Waals surface area contributed by atoms with Crippen LogP contribution in [0.2, 0.25) is 0 Å². The average Bonchev–Trinajstić information content (AvgIpc) is 2.88. The fourth-order valence-corrected chi connectivity index (χ4v) is 2.66. The highest BCUT2D eigenvalue weighted by atomic mass is 32.1. The lowest BCUT2D eigenvalue weighted by Crippen LogP contribution is -1.91. The Labute approximate surface area is 115 Å². The van der Waals surface area contributed by atoms with Crippen LogP contribution in [-0.4, -0.2) is 9.97 Å². The molecule has 0 fully saturated rings. The van der Waals surface area contributed by atoms with Gasteiger partial charge >= 0.3 is 0 Å². The lowest BCUT2D eigenvalue weighted by atomic mass is 10.0. The fraction of sp³-hybridized carbons (Fsp3) is 0.200. The van der Waals surface area contributed by atoms with E-state index < -0.39 is 0 Å². The zero-order chi connectivity index (χ0) is 13.2. The third-order valence-electron chi connectivity index (χ3n) is 2.95. The standard InChI is InChI=1S/C15H14N2OS/c1-10(2)11-4-3-5-12(8-11)18-15-14-13(6-7-19-14)16-9-17-15/h3-10H,1-2H3. The summed E-state index contributed by atoms with van der Waals surface area (Å²) >= 11 is 1.59. The molecule has 0 aliphatic rings. The Kier molecular flexibility index (Phi) is 3.17. The Morgan fingerprint density at radius 1 is 1.16 bits per heavy atom. The van der Waals surface area contributed by atoms with E-state index in [4.69, 9.17) is 4.74 Å². The molecule has 3 aromatic rings. The van der Waals surface area contributed by atoms with Gasteiger partial charge in [-0.3, -0.25) is 0 Å². The van der Waals surface area contributed by atoms with Gasteiger partial charge in [-0.15, -0.1) is 11.3 Å². The summed E-state index contributed by atoms with van der Waals surface area (Å²) in [6.45, 7) is 4.34. The third-order valence-corrected chi connectivity index (χ3v) is 3.84. The van der Waals surface area contributed by atoms with E-state index in [-0.39, 0.29) is 0 Å². The molecule has 3 nitrogen and oxygen atoms in total. The predicted octanol–water partition coefficient (Wildman–Crippen LogP) is 4.61. The van der Waals surface area contributed by atoms with E-state index in [1.807, 2.05) is 23.6 Å². The molecule has 0 N–H and O–H groups in total. The highest BCUT2D eigenvalue weighted by Gasteiger charge is 2.08. The molecule has 0 bridgehead atoms. The van der Waals surface area contributed by atoms with E-state index in [9.17, 15) is 0 Å². The van der Waals surface area contributed by atoms with E-state index >= 15 is 0 Å². The summed E-state index contributed by atoms with van der Waals surface area (Å²) in [5.41, 5.74) is 2.18. The summed E-state index contributed by atoms with van der Waals surface area (Å²) in [5, 5.41) is 2.00. The lowest BCUT2D eigenvalue weighted by molar-refractivity contribution is 0.468. The Bertz CT molecular complexity index is 706. The van der Waals surface area contributed by atoms with Crippen molar-refractivity contribution >= 4 is 21.6 Å². The topological polar surface area (TPSA) is 35.0 Å². The summed E-state index contributed by atoms with van der Waals surface area (Å²) in [7, 11) is 0. The van der Waals surface area contributed by atoms with Crippen LogP contribution in [-0.2, 0) is 0 Å². The largest absolute Gasteiger partial charge is 0.437 e. The van der Waals surface area contributed by atoms with E-state index in [2.05, 4.69) is 35.9 Å². The molecule has 2 aromatic heterocycles. The fourth-order valence-electron chi connectivity index (χ4n) is 1.89. The number of hydrogen-bond donors (Lipinski definition) is 0. The molecule has 4 heteroatoms. The molecule has 0 saturated carbocycles. The number of rotatable bonds is 3. The molecule has 2 heterocycles. The smallest absolute Gasteiger partial charge is 0.240 e. The van der Waals surface area contributed by atoms with Gasteiger partial charge in [0.25, 0.3) is 0 Å². The molecule has 19 heavy (non-hydrogen) atoms. The maximum atomic E-state index is 5.90. The molecule has 0 aliphatic carbocycles. The van der Waals surface area contributed by atoms with Crippen LogP contribution in [0.1, 0.15) is 25.3 Å². The minimum atomic E-state index is 0.482. The Morgan fingerprint density at radius 3 is 2.89 bits per heavy atom. The van der Waals surface area contributed by atoms with Crippen molar-refractivity contribution in [1.82, 2.24) is 9.97 Å². The van der Waals surface area contributed by atoms with Gasteiger partial charge in [0.2, 0.25) is 5.88 Å². The molecule has 0 spiro atoms. The highest BCUT2D eigenvalue weighted by molar-refractivity contribution is 7.17. The molecule has 1 aromatic carbocycles. The van der Waals surface area contributed by atoms with E-state index in [0.717, 1.165) is 16.0 Å². The maximum absolute atomic E-state index is 5.90. The van der Waals surface area contributed by atoms with Crippen LogP contribution >= 0.6 is 11.3 Å². The van der Waals surface area contributed by atoms with Crippen LogP contribution in [0.15, 0.2) is 42.0 Å².